The Morgan fingerprint density at radius 3 is 2.18 bits per heavy atom. The molecule has 1 saturated heterocycles. The van der Waals surface area contributed by atoms with Crippen molar-refractivity contribution >= 4 is 17.8 Å². The summed E-state index contributed by atoms with van der Waals surface area (Å²) in [6, 6.07) is 16.6. The van der Waals surface area contributed by atoms with E-state index in [9.17, 15) is 14.4 Å². The Morgan fingerprint density at radius 1 is 1.00 bits per heavy atom. The summed E-state index contributed by atoms with van der Waals surface area (Å²) >= 11 is 0. The molecule has 0 bridgehead atoms. The summed E-state index contributed by atoms with van der Waals surface area (Å²) in [4.78, 5) is 40.5. The molecule has 0 amide bonds. The average molecular weight is 471 g/mol. The van der Waals surface area contributed by atoms with Gasteiger partial charge in [-0.3, -0.25) is 4.57 Å². The second-order valence-electron chi connectivity index (χ2n) is 7.40. The van der Waals surface area contributed by atoms with Gasteiger partial charge in [0, 0.05) is 6.20 Å². The number of nitrogens with zero attached hydrogens (tertiary/aromatic N) is 2. The molecule has 1 aliphatic rings. The fraction of sp³-hybridized carbons (Fsp3) is 0.217. The van der Waals surface area contributed by atoms with Crippen molar-refractivity contribution in [3.8, 4) is 0 Å². The number of nitrogens with two attached hydrogens (primary N) is 1. The van der Waals surface area contributed by atoms with Crippen LogP contribution in [0.5, 0.6) is 0 Å². The third-order valence-electron chi connectivity index (χ3n) is 5.09. The van der Waals surface area contributed by atoms with Gasteiger partial charge < -0.3 is 19.9 Å². The lowest BCUT2D eigenvalue weighted by Crippen LogP contribution is -2.44. The van der Waals surface area contributed by atoms with E-state index in [1.807, 2.05) is 0 Å². The van der Waals surface area contributed by atoms with Crippen molar-refractivity contribution in [3.05, 3.63) is 94.5 Å². The maximum Gasteiger partial charge on any atom is 0.351 e. The van der Waals surface area contributed by atoms with Gasteiger partial charge in [0.15, 0.2) is 6.10 Å². The highest BCUT2D eigenvalue weighted by Crippen LogP contribution is 2.44. The molecule has 1 aliphatic heterocycles. The van der Waals surface area contributed by atoms with Crippen LogP contribution in [0.25, 0.3) is 0 Å². The zero-order valence-electron chi connectivity index (χ0n) is 17.5. The number of halogens is 2. The number of benzene rings is 2. The Kier molecular flexibility index (Phi) is 6.37. The van der Waals surface area contributed by atoms with Crippen LogP contribution in [0.3, 0.4) is 0 Å². The van der Waals surface area contributed by atoms with Crippen LogP contribution in [-0.4, -0.2) is 46.2 Å². The topological polar surface area (TPSA) is 123 Å². The molecule has 2 N–H and O–H groups in total. The van der Waals surface area contributed by atoms with Crippen LogP contribution in [0.15, 0.2) is 77.7 Å². The minimum Gasteiger partial charge on any atom is -0.459 e. The summed E-state index contributed by atoms with van der Waals surface area (Å²) in [6.07, 6.45) is -4.93. The second kappa shape index (κ2) is 9.40. The smallest absolute Gasteiger partial charge is 0.351 e. The summed E-state index contributed by atoms with van der Waals surface area (Å²) in [5.74, 6) is -5.86. The zero-order chi connectivity index (χ0) is 24.3. The first-order valence-electron chi connectivity index (χ1n) is 10.1. The molecule has 1 unspecified atom stereocenters. The van der Waals surface area contributed by atoms with Crippen molar-refractivity contribution in [2.24, 2.45) is 0 Å². The molecular formula is C23H19F2N3O6. The average Bonchev–Trinajstić information content (AvgIpc) is 3.08. The van der Waals surface area contributed by atoms with E-state index in [1.165, 1.54) is 24.3 Å². The van der Waals surface area contributed by atoms with Crippen molar-refractivity contribution in [2.45, 2.75) is 24.4 Å². The van der Waals surface area contributed by atoms with Gasteiger partial charge in [0.1, 0.15) is 18.5 Å². The predicted molar refractivity (Wildman–Crippen MR) is 114 cm³/mol. The van der Waals surface area contributed by atoms with E-state index in [1.54, 1.807) is 36.4 Å². The van der Waals surface area contributed by atoms with Crippen molar-refractivity contribution in [1.82, 2.24) is 9.55 Å². The summed E-state index contributed by atoms with van der Waals surface area (Å²) in [5.41, 5.74) is 4.58. The van der Waals surface area contributed by atoms with Crippen LogP contribution in [0, 0.1) is 0 Å². The number of carbonyl (C=O) groups is 2. The SMILES string of the molecule is Nc1ccn([C@@H]2OC(COC(=O)c3ccccc3)[C@@H](OC(=O)c3ccccc3)C2(F)F)c(=O)n1. The zero-order valence-corrected chi connectivity index (χ0v) is 17.5. The number of hydrogen-bond donors (Lipinski definition) is 1. The van der Waals surface area contributed by atoms with Gasteiger partial charge in [0.2, 0.25) is 6.23 Å². The number of rotatable bonds is 6. The van der Waals surface area contributed by atoms with Gasteiger partial charge in [-0.25, -0.2) is 14.4 Å². The number of esters is 2. The van der Waals surface area contributed by atoms with Gasteiger partial charge >= 0.3 is 23.6 Å². The second-order valence-corrected chi connectivity index (χ2v) is 7.40. The molecule has 0 aliphatic carbocycles. The van der Waals surface area contributed by atoms with Gasteiger partial charge in [-0.15, -0.1) is 0 Å². The standard InChI is InChI=1S/C23H19F2N3O6/c24-23(25)18(34-20(30)15-9-5-2-6-10-15)16(13-32-19(29)14-7-3-1-4-8-14)33-21(23)28-12-11-17(26)27-22(28)31/h1-12,16,18,21H,13H2,(H2,26,27,31)/t16?,18-,21-/m1/s1. The number of hydrogen-bond acceptors (Lipinski definition) is 8. The molecule has 0 radical (unpaired) electrons. The number of alkyl halides is 2. The fourth-order valence-electron chi connectivity index (χ4n) is 3.43. The monoisotopic (exact) mass is 471 g/mol. The van der Waals surface area contributed by atoms with E-state index in [4.69, 9.17) is 19.9 Å². The Labute approximate surface area is 191 Å². The Balaban J connectivity index is 1.61. The van der Waals surface area contributed by atoms with E-state index in [2.05, 4.69) is 4.98 Å². The highest BCUT2D eigenvalue weighted by atomic mass is 19.3. The molecule has 2 aromatic carbocycles. The molecule has 1 aromatic heterocycles. The Morgan fingerprint density at radius 2 is 1.59 bits per heavy atom. The lowest BCUT2D eigenvalue weighted by Gasteiger charge is -2.24. The summed E-state index contributed by atoms with van der Waals surface area (Å²) in [5, 5.41) is 0. The molecule has 0 saturated carbocycles. The lowest BCUT2D eigenvalue weighted by molar-refractivity contribution is -0.142. The minimum absolute atomic E-state index is 0.0353. The van der Waals surface area contributed by atoms with Crippen LogP contribution in [0.2, 0.25) is 0 Å². The highest BCUT2D eigenvalue weighted by molar-refractivity contribution is 5.90. The molecular weight excluding hydrogens is 452 g/mol. The van der Waals surface area contributed by atoms with E-state index < -0.39 is 48.6 Å². The molecule has 1 fully saturated rings. The summed E-state index contributed by atoms with van der Waals surface area (Å²) < 4.78 is 47.1. The number of anilines is 1. The first kappa shape index (κ1) is 23.1. The van der Waals surface area contributed by atoms with Gasteiger partial charge in [-0.2, -0.15) is 13.8 Å². The van der Waals surface area contributed by atoms with Gasteiger partial charge in [0.25, 0.3) is 0 Å². The van der Waals surface area contributed by atoms with Gasteiger partial charge in [-0.05, 0) is 30.3 Å². The largest absolute Gasteiger partial charge is 0.459 e. The van der Waals surface area contributed by atoms with E-state index in [0.717, 1.165) is 12.3 Å². The quantitative estimate of drug-likeness (QED) is 0.544. The maximum atomic E-state index is 15.5. The third kappa shape index (κ3) is 4.64. The Hall–Kier alpha value is -4.12. The lowest BCUT2D eigenvalue weighted by atomic mass is 10.1. The van der Waals surface area contributed by atoms with Crippen LogP contribution >= 0.6 is 0 Å². The Bertz CT molecular complexity index is 1240. The van der Waals surface area contributed by atoms with E-state index in [0.29, 0.717) is 4.57 Å². The highest BCUT2D eigenvalue weighted by Gasteiger charge is 2.62. The molecule has 176 valence electrons. The number of carbonyl (C=O) groups excluding carboxylic acids is 2. The molecule has 9 nitrogen and oxygen atoms in total. The molecule has 2 heterocycles. The number of nitrogen functional groups attached to an aromatic ring is 1. The molecule has 0 spiro atoms. The van der Waals surface area contributed by atoms with Gasteiger partial charge in [-0.1, -0.05) is 36.4 Å². The van der Waals surface area contributed by atoms with E-state index in [-0.39, 0.29) is 16.9 Å². The summed E-state index contributed by atoms with van der Waals surface area (Å²) in [7, 11) is 0. The number of aromatic nitrogens is 2. The van der Waals surface area contributed by atoms with Crippen LogP contribution in [0.4, 0.5) is 14.6 Å². The predicted octanol–water partition coefficient (Wildman–Crippen LogP) is 2.44. The van der Waals surface area contributed by atoms with E-state index >= 15 is 8.78 Å². The normalized spacial score (nSPS) is 21.1. The first-order valence-corrected chi connectivity index (χ1v) is 10.1. The van der Waals surface area contributed by atoms with Gasteiger partial charge in [0.05, 0.1) is 11.1 Å². The summed E-state index contributed by atoms with van der Waals surface area (Å²) in [6.45, 7) is -0.663. The third-order valence-corrected chi connectivity index (χ3v) is 5.09. The molecule has 11 heteroatoms. The van der Waals surface area contributed by atoms with Crippen molar-refractivity contribution < 1.29 is 32.6 Å². The molecule has 3 atom stereocenters. The van der Waals surface area contributed by atoms with Crippen molar-refractivity contribution in [1.29, 1.82) is 0 Å². The van der Waals surface area contributed by atoms with Crippen LogP contribution < -0.4 is 11.4 Å². The van der Waals surface area contributed by atoms with Crippen LogP contribution in [0.1, 0.15) is 26.9 Å². The first-order chi connectivity index (χ1) is 16.3. The van der Waals surface area contributed by atoms with Crippen molar-refractivity contribution in [2.75, 3.05) is 12.3 Å². The van der Waals surface area contributed by atoms with Crippen molar-refractivity contribution in [3.63, 3.8) is 0 Å². The maximum absolute atomic E-state index is 15.5. The molecule has 3 aromatic rings. The minimum atomic E-state index is -3.88. The number of ether oxygens (including phenoxy) is 3. The fourth-order valence-corrected chi connectivity index (χ4v) is 3.43. The molecule has 34 heavy (non-hydrogen) atoms. The molecule has 4 rings (SSSR count). The van der Waals surface area contributed by atoms with Crippen LogP contribution in [-0.2, 0) is 14.2 Å².